The van der Waals surface area contributed by atoms with Gasteiger partial charge in [-0.25, -0.2) is 14.6 Å². The SMILES string of the molecule is Cc1nc2cc(NC(=O)c3cc4cnn(C(C)C)c4nc3C)ccc2o1. The summed E-state index contributed by atoms with van der Waals surface area (Å²) in [5.41, 5.74) is 4.04. The van der Waals surface area contributed by atoms with Gasteiger partial charge in [-0.3, -0.25) is 4.79 Å². The number of nitrogens with zero attached hydrogens (tertiary/aromatic N) is 4. The van der Waals surface area contributed by atoms with Crippen molar-refractivity contribution in [3.8, 4) is 0 Å². The molecule has 4 rings (SSSR count). The van der Waals surface area contributed by atoms with Crippen LogP contribution < -0.4 is 5.32 Å². The number of pyridine rings is 1. The summed E-state index contributed by atoms with van der Waals surface area (Å²) in [4.78, 5) is 21.6. The zero-order chi connectivity index (χ0) is 18.4. The molecule has 0 bridgehead atoms. The van der Waals surface area contributed by atoms with E-state index in [9.17, 15) is 4.79 Å². The largest absolute Gasteiger partial charge is 0.441 e. The lowest BCUT2D eigenvalue weighted by Crippen LogP contribution is -2.14. The number of carbonyl (C=O) groups is 1. The zero-order valence-corrected chi connectivity index (χ0v) is 15.1. The van der Waals surface area contributed by atoms with Gasteiger partial charge in [0.15, 0.2) is 17.1 Å². The van der Waals surface area contributed by atoms with Crippen LogP contribution in [0.3, 0.4) is 0 Å². The molecule has 0 aliphatic carbocycles. The van der Waals surface area contributed by atoms with Gasteiger partial charge in [-0.1, -0.05) is 0 Å². The number of hydrogen-bond acceptors (Lipinski definition) is 5. The van der Waals surface area contributed by atoms with E-state index in [1.54, 1.807) is 31.3 Å². The predicted octanol–water partition coefficient (Wildman–Crippen LogP) is 4.02. The maximum atomic E-state index is 12.7. The molecule has 7 nitrogen and oxygen atoms in total. The molecule has 0 radical (unpaired) electrons. The van der Waals surface area contributed by atoms with Crippen LogP contribution in [0.25, 0.3) is 22.1 Å². The Bertz CT molecular complexity index is 1140. The van der Waals surface area contributed by atoms with Crippen molar-refractivity contribution in [2.75, 3.05) is 5.32 Å². The Hall–Kier alpha value is -3.22. The number of hydrogen-bond donors (Lipinski definition) is 1. The van der Waals surface area contributed by atoms with Crippen LogP contribution in [-0.4, -0.2) is 25.7 Å². The van der Waals surface area contributed by atoms with Gasteiger partial charge in [-0.2, -0.15) is 5.10 Å². The standard InChI is InChI=1S/C19H19N5O2/c1-10(2)24-18-13(9-20-24)7-15(11(3)21-18)19(25)23-14-5-6-17-16(8-14)22-12(4)26-17/h5-10H,1-4H3,(H,23,25). The first kappa shape index (κ1) is 16.3. The molecule has 0 saturated heterocycles. The highest BCUT2D eigenvalue weighted by molar-refractivity contribution is 6.07. The van der Waals surface area contributed by atoms with E-state index < -0.39 is 0 Å². The number of oxazole rings is 1. The summed E-state index contributed by atoms with van der Waals surface area (Å²) in [7, 11) is 0. The fraction of sp³-hybridized carbons (Fsp3) is 0.263. The summed E-state index contributed by atoms with van der Waals surface area (Å²) in [5.74, 6) is 0.380. The molecule has 0 spiro atoms. The van der Waals surface area contributed by atoms with Crippen molar-refractivity contribution >= 4 is 33.7 Å². The summed E-state index contributed by atoms with van der Waals surface area (Å²) in [6.45, 7) is 7.72. The Morgan fingerprint density at radius 2 is 2.00 bits per heavy atom. The molecule has 0 atom stereocenters. The topological polar surface area (TPSA) is 85.8 Å². The van der Waals surface area contributed by atoms with Crippen molar-refractivity contribution in [1.82, 2.24) is 19.7 Å². The zero-order valence-electron chi connectivity index (χ0n) is 15.1. The fourth-order valence-electron chi connectivity index (χ4n) is 2.99. The van der Waals surface area contributed by atoms with Crippen LogP contribution in [0, 0.1) is 13.8 Å². The first-order valence-corrected chi connectivity index (χ1v) is 8.46. The third-order valence-corrected chi connectivity index (χ3v) is 4.25. The van der Waals surface area contributed by atoms with Crippen molar-refractivity contribution in [3.63, 3.8) is 0 Å². The maximum absolute atomic E-state index is 12.7. The first-order chi connectivity index (χ1) is 12.4. The molecule has 1 N–H and O–H groups in total. The minimum Gasteiger partial charge on any atom is -0.441 e. The van der Waals surface area contributed by atoms with E-state index in [0.29, 0.717) is 33.9 Å². The lowest BCUT2D eigenvalue weighted by Gasteiger charge is -2.10. The highest BCUT2D eigenvalue weighted by atomic mass is 16.3. The number of aryl methyl sites for hydroxylation is 2. The van der Waals surface area contributed by atoms with Gasteiger partial charge in [0.05, 0.1) is 17.5 Å². The van der Waals surface area contributed by atoms with Crippen LogP contribution >= 0.6 is 0 Å². The molecule has 0 aliphatic rings. The van der Waals surface area contributed by atoms with Crippen molar-refractivity contribution in [2.24, 2.45) is 0 Å². The number of aromatic nitrogens is 4. The molecule has 3 aromatic heterocycles. The Labute approximate surface area is 150 Å². The highest BCUT2D eigenvalue weighted by Crippen LogP contribution is 2.22. The Morgan fingerprint density at radius 3 is 2.77 bits per heavy atom. The number of carbonyl (C=O) groups excluding carboxylic acids is 1. The van der Waals surface area contributed by atoms with Crippen molar-refractivity contribution < 1.29 is 9.21 Å². The van der Waals surface area contributed by atoms with Gasteiger partial charge < -0.3 is 9.73 Å². The second kappa shape index (κ2) is 5.94. The van der Waals surface area contributed by atoms with Crippen LogP contribution in [0.1, 0.15) is 41.8 Å². The molecule has 26 heavy (non-hydrogen) atoms. The van der Waals surface area contributed by atoms with E-state index in [1.807, 2.05) is 31.5 Å². The summed E-state index contributed by atoms with van der Waals surface area (Å²) in [6, 6.07) is 7.42. The lowest BCUT2D eigenvalue weighted by molar-refractivity contribution is 0.102. The number of anilines is 1. The van der Waals surface area contributed by atoms with Gasteiger partial charge in [-0.05, 0) is 45.0 Å². The predicted molar refractivity (Wildman–Crippen MR) is 99.3 cm³/mol. The van der Waals surface area contributed by atoms with Crippen molar-refractivity contribution in [2.45, 2.75) is 33.7 Å². The number of fused-ring (bicyclic) bond motifs is 2. The van der Waals surface area contributed by atoms with Gasteiger partial charge >= 0.3 is 0 Å². The van der Waals surface area contributed by atoms with Crippen LogP contribution in [0.5, 0.6) is 0 Å². The average molecular weight is 349 g/mol. The minimum atomic E-state index is -0.214. The van der Waals surface area contributed by atoms with Crippen molar-refractivity contribution in [1.29, 1.82) is 0 Å². The Morgan fingerprint density at radius 1 is 1.19 bits per heavy atom. The fourth-order valence-corrected chi connectivity index (χ4v) is 2.99. The van der Waals surface area contributed by atoms with E-state index in [4.69, 9.17) is 4.42 Å². The summed E-state index contributed by atoms with van der Waals surface area (Å²) < 4.78 is 7.31. The number of nitrogens with one attached hydrogen (secondary N) is 1. The molecule has 3 heterocycles. The molecule has 0 aliphatic heterocycles. The van der Waals surface area contributed by atoms with Gasteiger partial charge in [0.1, 0.15) is 5.52 Å². The highest BCUT2D eigenvalue weighted by Gasteiger charge is 2.16. The summed E-state index contributed by atoms with van der Waals surface area (Å²) >= 11 is 0. The van der Waals surface area contributed by atoms with E-state index in [0.717, 1.165) is 11.0 Å². The van der Waals surface area contributed by atoms with E-state index in [2.05, 4.69) is 20.4 Å². The molecular formula is C19H19N5O2. The van der Waals surface area contributed by atoms with E-state index >= 15 is 0 Å². The number of amides is 1. The van der Waals surface area contributed by atoms with E-state index in [-0.39, 0.29) is 11.9 Å². The van der Waals surface area contributed by atoms with E-state index in [1.165, 1.54) is 0 Å². The molecule has 132 valence electrons. The van der Waals surface area contributed by atoms with Gasteiger partial charge in [0.2, 0.25) is 0 Å². The molecule has 1 amide bonds. The normalized spacial score (nSPS) is 11.6. The molecule has 7 heteroatoms. The second-order valence-electron chi connectivity index (χ2n) is 6.59. The van der Waals surface area contributed by atoms with Gasteiger partial charge in [0.25, 0.3) is 5.91 Å². The van der Waals surface area contributed by atoms with Gasteiger partial charge in [-0.15, -0.1) is 0 Å². The second-order valence-corrected chi connectivity index (χ2v) is 6.59. The lowest BCUT2D eigenvalue weighted by atomic mass is 10.1. The van der Waals surface area contributed by atoms with Gasteiger partial charge in [0, 0.05) is 24.0 Å². The maximum Gasteiger partial charge on any atom is 0.257 e. The van der Waals surface area contributed by atoms with Crippen molar-refractivity contribution in [3.05, 3.63) is 47.6 Å². The quantitative estimate of drug-likeness (QED) is 0.604. The molecule has 0 unspecified atom stereocenters. The average Bonchev–Trinajstić information content (AvgIpc) is 3.15. The molecular weight excluding hydrogens is 330 g/mol. The molecule has 0 fully saturated rings. The monoisotopic (exact) mass is 349 g/mol. The number of rotatable bonds is 3. The summed E-state index contributed by atoms with van der Waals surface area (Å²) in [5, 5.41) is 8.11. The molecule has 1 aromatic carbocycles. The number of benzene rings is 1. The van der Waals surface area contributed by atoms with Crippen LogP contribution in [-0.2, 0) is 0 Å². The molecule has 4 aromatic rings. The first-order valence-electron chi connectivity index (χ1n) is 8.46. The Balaban J connectivity index is 1.67. The van der Waals surface area contributed by atoms with Crippen LogP contribution in [0.4, 0.5) is 5.69 Å². The summed E-state index contributed by atoms with van der Waals surface area (Å²) in [6.07, 6.45) is 1.74. The molecule has 0 saturated carbocycles. The Kier molecular flexibility index (Phi) is 3.72. The minimum absolute atomic E-state index is 0.205. The van der Waals surface area contributed by atoms with Crippen LogP contribution in [0.15, 0.2) is 34.9 Å². The smallest absolute Gasteiger partial charge is 0.257 e. The third-order valence-electron chi connectivity index (χ3n) is 4.25. The van der Waals surface area contributed by atoms with Crippen LogP contribution in [0.2, 0.25) is 0 Å². The third kappa shape index (κ3) is 2.71.